The third kappa shape index (κ3) is 2.94. The lowest BCUT2D eigenvalue weighted by atomic mass is 9.80. The summed E-state index contributed by atoms with van der Waals surface area (Å²) in [5.74, 6) is 1.31. The Kier molecular flexibility index (Phi) is 3.62. The Morgan fingerprint density at radius 2 is 1.93 bits per heavy atom. The third-order valence-electron chi connectivity index (χ3n) is 3.87. The lowest BCUT2D eigenvalue weighted by Gasteiger charge is -2.31. The Bertz CT molecular complexity index is 218. The molecule has 3 nitrogen and oxygen atoms in total. The highest BCUT2D eigenvalue weighted by molar-refractivity contribution is 5.79. The number of nitrogens with one attached hydrogen (secondary N) is 1. The highest BCUT2D eigenvalue weighted by Crippen LogP contribution is 2.28. The van der Waals surface area contributed by atoms with E-state index in [2.05, 4.69) is 5.32 Å². The minimum Gasteiger partial charge on any atom is -0.356 e. The van der Waals surface area contributed by atoms with Crippen molar-refractivity contribution in [3.05, 3.63) is 0 Å². The van der Waals surface area contributed by atoms with Crippen LogP contribution in [0.3, 0.4) is 0 Å². The van der Waals surface area contributed by atoms with E-state index < -0.39 is 0 Å². The smallest absolute Gasteiger partial charge is 0.223 e. The van der Waals surface area contributed by atoms with Gasteiger partial charge >= 0.3 is 0 Å². The highest BCUT2D eigenvalue weighted by atomic mass is 16.1. The molecule has 0 aromatic rings. The van der Waals surface area contributed by atoms with Crippen LogP contribution in [0.2, 0.25) is 0 Å². The number of amides is 1. The molecule has 2 saturated carbocycles. The van der Waals surface area contributed by atoms with Crippen LogP contribution in [0.1, 0.15) is 44.9 Å². The Hall–Kier alpha value is -0.570. The molecule has 0 heterocycles. The predicted molar refractivity (Wildman–Crippen MR) is 60.3 cm³/mol. The van der Waals surface area contributed by atoms with E-state index in [1.165, 1.54) is 32.1 Å². The number of carbonyl (C=O) groups is 1. The second-order valence-electron chi connectivity index (χ2n) is 5.16. The van der Waals surface area contributed by atoms with Crippen LogP contribution in [0.5, 0.6) is 0 Å². The van der Waals surface area contributed by atoms with Crippen molar-refractivity contribution in [2.24, 2.45) is 17.6 Å². The van der Waals surface area contributed by atoms with Gasteiger partial charge in [-0.05, 0) is 25.2 Å². The maximum Gasteiger partial charge on any atom is 0.223 e. The molecule has 2 aliphatic rings. The molecular weight excluding hydrogens is 188 g/mol. The van der Waals surface area contributed by atoms with E-state index in [0.717, 1.165) is 25.3 Å². The summed E-state index contributed by atoms with van der Waals surface area (Å²) in [6.07, 6.45) is 8.44. The van der Waals surface area contributed by atoms with E-state index in [1.54, 1.807) is 0 Å². The van der Waals surface area contributed by atoms with Gasteiger partial charge in [0.2, 0.25) is 5.91 Å². The molecule has 0 atom stereocenters. The zero-order valence-electron chi connectivity index (χ0n) is 9.37. The summed E-state index contributed by atoms with van der Waals surface area (Å²) in [5, 5.41) is 3.04. The molecule has 0 aromatic heterocycles. The fraction of sp³-hybridized carbons (Fsp3) is 0.917. The summed E-state index contributed by atoms with van der Waals surface area (Å²) in [5.41, 5.74) is 5.65. The first kappa shape index (κ1) is 10.9. The maximum atomic E-state index is 11.6. The number of hydrogen-bond donors (Lipinski definition) is 2. The van der Waals surface area contributed by atoms with Crippen molar-refractivity contribution >= 4 is 5.91 Å². The fourth-order valence-electron chi connectivity index (χ4n) is 2.72. The quantitative estimate of drug-likeness (QED) is 0.737. The normalized spacial score (nSPS) is 31.3. The molecule has 2 aliphatic carbocycles. The minimum atomic E-state index is 0.212. The summed E-state index contributed by atoms with van der Waals surface area (Å²) < 4.78 is 0. The molecule has 3 N–H and O–H groups in total. The zero-order valence-corrected chi connectivity index (χ0v) is 9.37. The Morgan fingerprint density at radius 3 is 2.53 bits per heavy atom. The van der Waals surface area contributed by atoms with Gasteiger partial charge in [0.25, 0.3) is 0 Å². The van der Waals surface area contributed by atoms with Gasteiger partial charge in [-0.3, -0.25) is 4.79 Å². The summed E-state index contributed by atoms with van der Waals surface area (Å²) in [7, 11) is 0. The summed E-state index contributed by atoms with van der Waals surface area (Å²) in [6.45, 7) is 0.870. The largest absolute Gasteiger partial charge is 0.356 e. The van der Waals surface area contributed by atoms with Crippen molar-refractivity contribution in [2.45, 2.75) is 51.0 Å². The van der Waals surface area contributed by atoms with Crippen molar-refractivity contribution in [3.63, 3.8) is 0 Å². The predicted octanol–water partition coefficient (Wildman–Crippen LogP) is 1.42. The van der Waals surface area contributed by atoms with Gasteiger partial charge < -0.3 is 11.1 Å². The fourth-order valence-corrected chi connectivity index (χ4v) is 2.72. The Balaban J connectivity index is 1.55. The molecule has 0 unspecified atom stereocenters. The van der Waals surface area contributed by atoms with Gasteiger partial charge in [0.1, 0.15) is 0 Å². The molecular formula is C12H22N2O. The van der Waals surface area contributed by atoms with Crippen LogP contribution >= 0.6 is 0 Å². The first-order chi connectivity index (χ1) is 7.25. The van der Waals surface area contributed by atoms with Crippen molar-refractivity contribution in [3.8, 4) is 0 Å². The topological polar surface area (TPSA) is 55.1 Å². The van der Waals surface area contributed by atoms with E-state index in [0.29, 0.717) is 0 Å². The molecule has 0 bridgehead atoms. The van der Waals surface area contributed by atoms with E-state index in [1.807, 2.05) is 0 Å². The summed E-state index contributed by atoms with van der Waals surface area (Å²) >= 11 is 0. The molecule has 3 heteroatoms. The number of hydrogen-bond acceptors (Lipinski definition) is 2. The first-order valence-corrected chi connectivity index (χ1v) is 6.29. The summed E-state index contributed by atoms with van der Waals surface area (Å²) in [4.78, 5) is 11.6. The lowest BCUT2D eigenvalue weighted by Crippen LogP contribution is -2.45. The van der Waals surface area contributed by atoms with Crippen LogP contribution < -0.4 is 11.1 Å². The van der Waals surface area contributed by atoms with E-state index in [-0.39, 0.29) is 17.9 Å². The van der Waals surface area contributed by atoms with Crippen LogP contribution in [0, 0.1) is 11.8 Å². The Labute approximate surface area is 91.8 Å². The molecule has 2 rings (SSSR count). The van der Waals surface area contributed by atoms with Gasteiger partial charge in [-0.15, -0.1) is 0 Å². The molecule has 15 heavy (non-hydrogen) atoms. The van der Waals surface area contributed by atoms with Gasteiger partial charge in [-0.25, -0.2) is 0 Å². The van der Waals surface area contributed by atoms with Gasteiger partial charge in [-0.1, -0.05) is 25.7 Å². The highest BCUT2D eigenvalue weighted by Gasteiger charge is 2.31. The second kappa shape index (κ2) is 4.97. The average Bonchev–Trinajstić information content (AvgIpc) is 2.65. The summed E-state index contributed by atoms with van der Waals surface area (Å²) in [6, 6.07) is 0.274. The van der Waals surface area contributed by atoms with Crippen LogP contribution in [0.4, 0.5) is 0 Å². The maximum absolute atomic E-state index is 11.6. The molecule has 1 amide bonds. The van der Waals surface area contributed by atoms with Gasteiger partial charge in [0.05, 0.1) is 0 Å². The molecule has 0 saturated heterocycles. The number of rotatable bonds is 4. The van der Waals surface area contributed by atoms with Gasteiger partial charge in [0, 0.05) is 18.5 Å². The molecule has 2 fully saturated rings. The van der Waals surface area contributed by atoms with E-state index in [9.17, 15) is 4.79 Å². The average molecular weight is 210 g/mol. The monoisotopic (exact) mass is 210 g/mol. The van der Waals surface area contributed by atoms with Crippen molar-refractivity contribution in [1.82, 2.24) is 5.32 Å². The van der Waals surface area contributed by atoms with Crippen LogP contribution in [0.25, 0.3) is 0 Å². The zero-order chi connectivity index (χ0) is 10.7. The van der Waals surface area contributed by atoms with Crippen molar-refractivity contribution in [1.29, 1.82) is 0 Å². The molecule has 0 aliphatic heterocycles. The SMILES string of the molecule is NC1CC(C(=O)NCCC2CCCC2)C1. The second-order valence-corrected chi connectivity index (χ2v) is 5.16. The number of nitrogens with two attached hydrogens (primary N) is 1. The van der Waals surface area contributed by atoms with Gasteiger partial charge in [-0.2, -0.15) is 0 Å². The molecule has 0 aromatic carbocycles. The minimum absolute atomic E-state index is 0.212. The van der Waals surface area contributed by atoms with Crippen molar-refractivity contribution < 1.29 is 4.79 Å². The van der Waals surface area contributed by atoms with Crippen LogP contribution in [0.15, 0.2) is 0 Å². The first-order valence-electron chi connectivity index (χ1n) is 6.29. The standard InChI is InChI=1S/C12H22N2O/c13-11-7-10(8-11)12(15)14-6-5-9-3-1-2-4-9/h9-11H,1-8,13H2,(H,14,15). The van der Waals surface area contributed by atoms with E-state index >= 15 is 0 Å². The van der Waals surface area contributed by atoms with Crippen LogP contribution in [-0.4, -0.2) is 18.5 Å². The van der Waals surface area contributed by atoms with Crippen LogP contribution in [-0.2, 0) is 4.79 Å². The molecule has 0 radical (unpaired) electrons. The third-order valence-corrected chi connectivity index (χ3v) is 3.87. The molecule has 0 spiro atoms. The van der Waals surface area contributed by atoms with Crippen molar-refractivity contribution in [2.75, 3.05) is 6.54 Å². The Morgan fingerprint density at radius 1 is 1.27 bits per heavy atom. The number of carbonyl (C=O) groups excluding carboxylic acids is 1. The lowest BCUT2D eigenvalue weighted by molar-refractivity contribution is -0.127. The van der Waals surface area contributed by atoms with Gasteiger partial charge in [0.15, 0.2) is 0 Å². The molecule has 86 valence electrons. The van der Waals surface area contributed by atoms with E-state index in [4.69, 9.17) is 5.73 Å².